The van der Waals surface area contributed by atoms with E-state index >= 15 is 0 Å². The number of nitrogens with one attached hydrogen (secondary N) is 1. The number of likely N-dealkylation sites (N-methyl/N-ethyl adjacent to an activating group) is 1. The van der Waals surface area contributed by atoms with Crippen LogP contribution in [0.25, 0.3) is 0 Å². The van der Waals surface area contributed by atoms with Crippen molar-refractivity contribution in [1.29, 1.82) is 0 Å². The lowest BCUT2D eigenvalue weighted by molar-refractivity contribution is -0.137. The first-order valence-electron chi connectivity index (χ1n) is 8.90. The van der Waals surface area contributed by atoms with E-state index in [-0.39, 0.29) is 37.4 Å². The van der Waals surface area contributed by atoms with Gasteiger partial charge >= 0.3 is 6.18 Å². The Morgan fingerprint density at radius 1 is 1.24 bits per heavy atom. The molecule has 10 heteroatoms. The second-order valence-corrected chi connectivity index (χ2v) is 6.43. The van der Waals surface area contributed by atoms with Crippen LogP contribution in [0, 0.1) is 13.8 Å². The number of aromatic nitrogens is 1. The number of carbonyl (C=O) groups is 2. The summed E-state index contributed by atoms with van der Waals surface area (Å²) < 4.78 is 44.9. The Kier molecular flexibility index (Phi) is 7.02. The summed E-state index contributed by atoms with van der Waals surface area (Å²) in [6.45, 7) is 4.81. The lowest BCUT2D eigenvalue weighted by atomic mass is 10.1. The molecular weight excluding hydrogens is 391 g/mol. The topological polar surface area (TPSA) is 95.7 Å². The van der Waals surface area contributed by atoms with Gasteiger partial charge in [-0.25, -0.2) is 0 Å². The Hall–Kier alpha value is -2.88. The molecule has 2 rings (SSSR count). The highest BCUT2D eigenvalue weighted by Gasteiger charge is 2.32. The predicted molar refractivity (Wildman–Crippen MR) is 98.4 cm³/mol. The lowest BCUT2D eigenvalue weighted by Crippen LogP contribution is -2.33. The fourth-order valence-corrected chi connectivity index (χ4v) is 2.81. The molecule has 0 bridgehead atoms. The highest BCUT2D eigenvalue weighted by Crippen LogP contribution is 2.32. The Morgan fingerprint density at radius 2 is 1.93 bits per heavy atom. The maximum Gasteiger partial charge on any atom is 0.416 e. The third-order valence-electron chi connectivity index (χ3n) is 4.35. The number of aliphatic hydroxyl groups is 1. The van der Waals surface area contributed by atoms with Gasteiger partial charge in [0.25, 0.3) is 5.91 Å². The van der Waals surface area contributed by atoms with Crippen LogP contribution in [0.5, 0.6) is 0 Å². The van der Waals surface area contributed by atoms with Crippen molar-refractivity contribution in [2.75, 3.05) is 25.0 Å². The van der Waals surface area contributed by atoms with E-state index in [9.17, 15) is 22.8 Å². The number of rotatable bonds is 7. The molecular formula is C19H22F3N3O4. The van der Waals surface area contributed by atoms with E-state index < -0.39 is 23.6 Å². The average Bonchev–Trinajstić information content (AvgIpc) is 2.96. The number of carbonyl (C=O) groups excluding carboxylic acids is 2. The Bertz CT molecular complexity index is 874. The van der Waals surface area contributed by atoms with Crippen LogP contribution < -0.4 is 5.32 Å². The van der Waals surface area contributed by atoms with E-state index in [2.05, 4.69) is 10.5 Å². The van der Waals surface area contributed by atoms with Gasteiger partial charge in [-0.1, -0.05) is 5.16 Å². The van der Waals surface area contributed by atoms with Gasteiger partial charge in [0, 0.05) is 29.9 Å². The zero-order valence-electron chi connectivity index (χ0n) is 16.3. The molecule has 0 radical (unpaired) electrons. The Labute approximate surface area is 165 Å². The number of halogens is 3. The maximum atomic E-state index is 13.3. The summed E-state index contributed by atoms with van der Waals surface area (Å²) in [5, 5.41) is 15.2. The van der Waals surface area contributed by atoms with E-state index in [1.54, 1.807) is 20.8 Å². The molecule has 0 fully saturated rings. The van der Waals surface area contributed by atoms with Crippen molar-refractivity contribution < 1.29 is 32.4 Å². The van der Waals surface area contributed by atoms with Crippen LogP contribution in [0.4, 0.5) is 18.9 Å². The molecule has 2 amide bonds. The fourth-order valence-electron chi connectivity index (χ4n) is 2.81. The van der Waals surface area contributed by atoms with Crippen LogP contribution in [0.2, 0.25) is 0 Å². The Morgan fingerprint density at radius 3 is 2.45 bits per heavy atom. The molecule has 0 saturated carbocycles. The number of anilines is 1. The van der Waals surface area contributed by atoms with Gasteiger partial charge in [-0.3, -0.25) is 9.59 Å². The standard InChI is InChI=1S/C19H22F3N3O4/c1-4-25(5-6-26)18(28)13-7-14(19(20,21)22)9-15(8-13)23-17(27)10-16-11(2)24-29-12(16)3/h7-9,26H,4-6,10H2,1-3H3,(H,23,27). The molecule has 0 aliphatic heterocycles. The summed E-state index contributed by atoms with van der Waals surface area (Å²) >= 11 is 0. The van der Waals surface area contributed by atoms with Gasteiger partial charge in [0.05, 0.1) is 24.3 Å². The number of hydrogen-bond donors (Lipinski definition) is 2. The van der Waals surface area contributed by atoms with Crippen molar-refractivity contribution in [2.24, 2.45) is 0 Å². The minimum atomic E-state index is -4.70. The number of benzene rings is 1. The molecule has 158 valence electrons. The van der Waals surface area contributed by atoms with E-state index in [1.807, 2.05) is 0 Å². The molecule has 0 aliphatic carbocycles. The zero-order valence-corrected chi connectivity index (χ0v) is 16.3. The van der Waals surface area contributed by atoms with Crippen LogP contribution in [0.3, 0.4) is 0 Å². The smallest absolute Gasteiger partial charge is 0.395 e. The molecule has 0 unspecified atom stereocenters. The molecule has 0 saturated heterocycles. The van der Waals surface area contributed by atoms with E-state index in [1.165, 1.54) is 11.0 Å². The van der Waals surface area contributed by atoms with Crippen LogP contribution in [-0.4, -0.2) is 46.7 Å². The van der Waals surface area contributed by atoms with Crippen LogP contribution in [0.15, 0.2) is 22.7 Å². The van der Waals surface area contributed by atoms with Gasteiger partial charge in [0.15, 0.2) is 0 Å². The number of aliphatic hydroxyl groups excluding tert-OH is 1. The van der Waals surface area contributed by atoms with Crippen molar-refractivity contribution in [1.82, 2.24) is 10.1 Å². The van der Waals surface area contributed by atoms with Gasteiger partial charge in [-0.15, -0.1) is 0 Å². The second-order valence-electron chi connectivity index (χ2n) is 6.43. The van der Waals surface area contributed by atoms with Crippen molar-refractivity contribution in [3.63, 3.8) is 0 Å². The van der Waals surface area contributed by atoms with Crippen molar-refractivity contribution in [3.8, 4) is 0 Å². The van der Waals surface area contributed by atoms with E-state index in [4.69, 9.17) is 9.63 Å². The molecule has 29 heavy (non-hydrogen) atoms. The van der Waals surface area contributed by atoms with Gasteiger partial charge in [0.2, 0.25) is 5.91 Å². The summed E-state index contributed by atoms with van der Waals surface area (Å²) in [5.41, 5.74) is -0.384. The first-order chi connectivity index (χ1) is 13.6. The molecule has 1 aromatic carbocycles. The molecule has 2 N–H and O–H groups in total. The van der Waals surface area contributed by atoms with Gasteiger partial charge in [-0.2, -0.15) is 13.2 Å². The molecule has 1 aromatic heterocycles. The molecule has 1 heterocycles. The highest BCUT2D eigenvalue weighted by atomic mass is 19.4. The summed E-state index contributed by atoms with van der Waals surface area (Å²) in [6, 6.07) is 2.68. The van der Waals surface area contributed by atoms with Crippen LogP contribution in [0.1, 0.15) is 39.9 Å². The summed E-state index contributed by atoms with van der Waals surface area (Å²) in [6.07, 6.45) is -4.84. The largest absolute Gasteiger partial charge is 0.416 e. The van der Waals surface area contributed by atoms with Crippen molar-refractivity contribution in [3.05, 3.63) is 46.3 Å². The number of aryl methyl sites for hydroxylation is 2. The average molecular weight is 413 g/mol. The third kappa shape index (κ3) is 5.57. The van der Waals surface area contributed by atoms with Gasteiger partial charge in [-0.05, 0) is 39.0 Å². The zero-order chi connectivity index (χ0) is 21.8. The number of alkyl halides is 3. The quantitative estimate of drug-likeness (QED) is 0.728. The predicted octanol–water partition coefficient (Wildman–Crippen LogP) is 2.95. The highest BCUT2D eigenvalue weighted by molar-refractivity contribution is 5.98. The maximum absolute atomic E-state index is 13.3. The lowest BCUT2D eigenvalue weighted by Gasteiger charge is -2.21. The first-order valence-corrected chi connectivity index (χ1v) is 8.90. The monoisotopic (exact) mass is 413 g/mol. The second kappa shape index (κ2) is 9.08. The first kappa shape index (κ1) is 22.4. The van der Waals surface area contributed by atoms with Crippen molar-refractivity contribution in [2.45, 2.75) is 33.4 Å². The van der Waals surface area contributed by atoms with Crippen LogP contribution in [-0.2, 0) is 17.4 Å². The SMILES string of the molecule is CCN(CCO)C(=O)c1cc(NC(=O)Cc2c(C)noc2C)cc(C(F)(F)F)c1. The summed E-state index contributed by atoms with van der Waals surface area (Å²) in [7, 11) is 0. The molecule has 2 aromatic rings. The number of amides is 2. The van der Waals surface area contributed by atoms with Crippen LogP contribution >= 0.6 is 0 Å². The van der Waals surface area contributed by atoms with Crippen molar-refractivity contribution >= 4 is 17.5 Å². The minimum Gasteiger partial charge on any atom is -0.395 e. The van der Waals surface area contributed by atoms with Gasteiger partial charge < -0.3 is 19.8 Å². The normalized spacial score (nSPS) is 11.4. The number of nitrogens with zero attached hydrogens (tertiary/aromatic N) is 2. The molecule has 7 nitrogen and oxygen atoms in total. The Balaban J connectivity index is 2.33. The molecule has 0 spiro atoms. The minimum absolute atomic E-state index is 0.0146. The third-order valence-corrected chi connectivity index (χ3v) is 4.35. The summed E-state index contributed by atoms with van der Waals surface area (Å²) in [5.74, 6) is -0.797. The van der Waals surface area contributed by atoms with E-state index in [0.29, 0.717) is 17.0 Å². The summed E-state index contributed by atoms with van der Waals surface area (Å²) in [4.78, 5) is 26.1. The number of hydrogen-bond acceptors (Lipinski definition) is 5. The van der Waals surface area contributed by atoms with Gasteiger partial charge in [0.1, 0.15) is 5.76 Å². The molecule has 0 atom stereocenters. The van der Waals surface area contributed by atoms with E-state index in [0.717, 1.165) is 12.1 Å². The molecule has 0 aliphatic rings. The fraction of sp³-hybridized carbons (Fsp3) is 0.421.